The maximum atomic E-state index is 12.2. The molecule has 2 amide bonds. The van der Waals surface area contributed by atoms with Crippen LogP contribution in [0.2, 0.25) is 0 Å². The number of anilines is 4. The average Bonchev–Trinajstić information content (AvgIpc) is 3.10. The van der Waals surface area contributed by atoms with Crippen LogP contribution in [0, 0.1) is 0 Å². The number of hydrogen-bond donors (Lipinski definition) is 2. The van der Waals surface area contributed by atoms with E-state index >= 15 is 0 Å². The SMILES string of the molecule is CN(C)c1ccc(N(C(N)=O)c2ccc(-c3cccc4noc(N)c34)cc2)cc1. The van der Waals surface area contributed by atoms with E-state index in [1.165, 1.54) is 4.90 Å². The van der Waals surface area contributed by atoms with Crippen molar-refractivity contribution in [1.29, 1.82) is 0 Å². The third kappa shape index (κ3) is 3.34. The van der Waals surface area contributed by atoms with Gasteiger partial charge in [-0.3, -0.25) is 4.90 Å². The second-order valence-corrected chi connectivity index (χ2v) is 6.88. The van der Waals surface area contributed by atoms with Crippen molar-refractivity contribution >= 4 is 39.9 Å². The monoisotopic (exact) mass is 387 g/mol. The Hall–Kier alpha value is -4.00. The number of amides is 2. The van der Waals surface area contributed by atoms with E-state index in [0.29, 0.717) is 16.9 Å². The number of rotatable bonds is 4. The summed E-state index contributed by atoms with van der Waals surface area (Å²) in [5.74, 6) is 0.277. The summed E-state index contributed by atoms with van der Waals surface area (Å²) < 4.78 is 5.11. The smallest absolute Gasteiger partial charge is 0.323 e. The standard InChI is InChI=1S/C22H21N5O2/c1-26(2)15-10-12-17(13-11-15)27(22(24)28)16-8-6-14(7-9-16)18-4-3-5-19-20(18)21(23)29-25-19/h3-13H,23H2,1-2H3,(H2,24,28). The molecule has 29 heavy (non-hydrogen) atoms. The average molecular weight is 387 g/mol. The second kappa shape index (κ2) is 7.20. The van der Waals surface area contributed by atoms with E-state index in [1.54, 1.807) is 0 Å². The molecule has 1 heterocycles. The highest BCUT2D eigenvalue weighted by Crippen LogP contribution is 2.34. The summed E-state index contributed by atoms with van der Waals surface area (Å²) in [6.07, 6.45) is 0. The number of fused-ring (bicyclic) bond motifs is 1. The predicted molar refractivity (Wildman–Crippen MR) is 116 cm³/mol. The molecule has 0 saturated heterocycles. The summed E-state index contributed by atoms with van der Waals surface area (Å²) in [6.45, 7) is 0. The highest BCUT2D eigenvalue weighted by Gasteiger charge is 2.16. The van der Waals surface area contributed by atoms with E-state index in [2.05, 4.69) is 5.16 Å². The summed E-state index contributed by atoms with van der Waals surface area (Å²) in [6, 6.07) is 20.3. The van der Waals surface area contributed by atoms with Crippen LogP contribution in [0.15, 0.2) is 71.3 Å². The minimum Gasteiger partial charge on any atom is -0.378 e. The van der Waals surface area contributed by atoms with Crippen molar-refractivity contribution in [3.63, 3.8) is 0 Å². The lowest BCUT2D eigenvalue weighted by Gasteiger charge is -2.22. The topological polar surface area (TPSA) is 102 Å². The Morgan fingerprint density at radius 2 is 1.48 bits per heavy atom. The van der Waals surface area contributed by atoms with Gasteiger partial charge in [-0.2, -0.15) is 0 Å². The Morgan fingerprint density at radius 3 is 2.07 bits per heavy atom. The number of nitrogens with zero attached hydrogens (tertiary/aromatic N) is 3. The zero-order valence-electron chi connectivity index (χ0n) is 16.2. The first-order chi connectivity index (χ1) is 14.0. The Labute approximate surface area is 168 Å². The number of nitrogen functional groups attached to an aromatic ring is 1. The molecule has 7 nitrogen and oxygen atoms in total. The van der Waals surface area contributed by atoms with Gasteiger partial charge < -0.3 is 20.9 Å². The number of primary amides is 1. The number of benzene rings is 3. The molecule has 0 spiro atoms. The molecule has 0 fully saturated rings. The number of aromatic nitrogens is 1. The fourth-order valence-electron chi connectivity index (χ4n) is 3.35. The highest BCUT2D eigenvalue weighted by atomic mass is 16.5. The first kappa shape index (κ1) is 18.4. The van der Waals surface area contributed by atoms with Gasteiger partial charge >= 0.3 is 6.03 Å². The number of carbonyl (C=O) groups is 1. The van der Waals surface area contributed by atoms with Crippen LogP contribution in [0.25, 0.3) is 22.0 Å². The van der Waals surface area contributed by atoms with Crippen LogP contribution in [0.3, 0.4) is 0 Å². The Bertz CT molecular complexity index is 1160. The first-order valence-electron chi connectivity index (χ1n) is 9.07. The molecular weight excluding hydrogens is 366 g/mol. The predicted octanol–water partition coefficient (Wildman–Crippen LogP) is 4.36. The molecule has 0 unspecified atom stereocenters. The van der Waals surface area contributed by atoms with Crippen LogP contribution < -0.4 is 21.3 Å². The van der Waals surface area contributed by atoms with Crippen molar-refractivity contribution in [3.05, 3.63) is 66.7 Å². The van der Waals surface area contributed by atoms with Gasteiger partial charge in [0.1, 0.15) is 5.52 Å². The van der Waals surface area contributed by atoms with Gasteiger partial charge in [0.25, 0.3) is 0 Å². The molecule has 0 atom stereocenters. The molecule has 1 aromatic heterocycles. The van der Waals surface area contributed by atoms with Crippen molar-refractivity contribution in [3.8, 4) is 11.1 Å². The van der Waals surface area contributed by atoms with Gasteiger partial charge in [-0.15, -0.1) is 0 Å². The molecular formula is C22H21N5O2. The number of nitrogens with two attached hydrogens (primary N) is 2. The summed E-state index contributed by atoms with van der Waals surface area (Å²) >= 11 is 0. The molecule has 7 heteroatoms. The lowest BCUT2D eigenvalue weighted by molar-refractivity contribution is 0.256. The van der Waals surface area contributed by atoms with Gasteiger partial charge in [0.05, 0.1) is 16.8 Å². The van der Waals surface area contributed by atoms with Crippen molar-refractivity contribution in [2.45, 2.75) is 0 Å². The number of urea groups is 1. The van der Waals surface area contributed by atoms with Crippen LogP contribution in [0.5, 0.6) is 0 Å². The minimum absolute atomic E-state index is 0.277. The van der Waals surface area contributed by atoms with Gasteiger partial charge in [0.2, 0.25) is 5.88 Å². The molecule has 4 N–H and O–H groups in total. The van der Waals surface area contributed by atoms with Crippen LogP contribution in [0.1, 0.15) is 0 Å². The Kier molecular flexibility index (Phi) is 4.56. The van der Waals surface area contributed by atoms with Gasteiger partial charge in [-0.1, -0.05) is 29.4 Å². The summed E-state index contributed by atoms with van der Waals surface area (Å²) in [5, 5.41) is 4.73. The molecule has 0 aliphatic heterocycles. The normalized spacial score (nSPS) is 10.8. The van der Waals surface area contributed by atoms with Gasteiger partial charge in [-0.05, 0) is 53.6 Å². The highest BCUT2D eigenvalue weighted by molar-refractivity contribution is 6.02. The maximum absolute atomic E-state index is 12.2. The number of hydrogen-bond acceptors (Lipinski definition) is 5. The van der Waals surface area contributed by atoms with Crippen molar-refractivity contribution in [2.24, 2.45) is 5.73 Å². The Balaban J connectivity index is 1.71. The molecule has 4 rings (SSSR count). The minimum atomic E-state index is -0.555. The molecule has 0 aliphatic rings. The molecule has 3 aromatic carbocycles. The van der Waals surface area contributed by atoms with E-state index in [9.17, 15) is 4.79 Å². The van der Waals surface area contributed by atoms with E-state index in [4.69, 9.17) is 16.0 Å². The summed E-state index contributed by atoms with van der Waals surface area (Å²) in [4.78, 5) is 15.6. The van der Waals surface area contributed by atoms with Crippen LogP contribution in [-0.4, -0.2) is 25.3 Å². The molecule has 0 radical (unpaired) electrons. The van der Waals surface area contributed by atoms with E-state index in [0.717, 1.165) is 22.2 Å². The largest absolute Gasteiger partial charge is 0.378 e. The molecule has 0 bridgehead atoms. The number of carbonyl (C=O) groups excluding carboxylic acids is 1. The van der Waals surface area contributed by atoms with Crippen molar-refractivity contribution in [2.75, 3.05) is 29.6 Å². The first-order valence-corrected chi connectivity index (χ1v) is 9.07. The maximum Gasteiger partial charge on any atom is 0.323 e. The summed E-state index contributed by atoms with van der Waals surface area (Å²) in [7, 11) is 3.92. The Morgan fingerprint density at radius 1 is 0.897 bits per heavy atom. The van der Waals surface area contributed by atoms with E-state index in [1.807, 2.05) is 85.7 Å². The molecule has 146 valence electrons. The van der Waals surface area contributed by atoms with Crippen molar-refractivity contribution < 1.29 is 9.32 Å². The zero-order chi connectivity index (χ0) is 20.5. The summed E-state index contributed by atoms with van der Waals surface area (Å²) in [5.41, 5.74) is 16.5. The lowest BCUT2D eigenvalue weighted by atomic mass is 10.0. The quantitative estimate of drug-likeness (QED) is 0.542. The third-order valence-electron chi connectivity index (χ3n) is 4.81. The molecule has 0 aliphatic carbocycles. The fourth-order valence-corrected chi connectivity index (χ4v) is 3.35. The lowest BCUT2D eigenvalue weighted by Crippen LogP contribution is -2.31. The van der Waals surface area contributed by atoms with Crippen LogP contribution >= 0.6 is 0 Å². The molecule has 0 saturated carbocycles. The van der Waals surface area contributed by atoms with Gasteiger partial charge in [0, 0.05) is 19.8 Å². The van der Waals surface area contributed by atoms with Gasteiger partial charge in [0.15, 0.2) is 0 Å². The third-order valence-corrected chi connectivity index (χ3v) is 4.81. The zero-order valence-corrected chi connectivity index (χ0v) is 16.2. The van der Waals surface area contributed by atoms with Crippen LogP contribution in [0.4, 0.5) is 27.7 Å². The van der Waals surface area contributed by atoms with E-state index in [-0.39, 0.29) is 5.88 Å². The van der Waals surface area contributed by atoms with E-state index < -0.39 is 6.03 Å². The second-order valence-electron chi connectivity index (χ2n) is 6.88. The fraction of sp³-hybridized carbons (Fsp3) is 0.0909. The van der Waals surface area contributed by atoms with Crippen LogP contribution in [-0.2, 0) is 0 Å². The van der Waals surface area contributed by atoms with Gasteiger partial charge in [-0.25, -0.2) is 4.79 Å². The van der Waals surface area contributed by atoms with Crippen molar-refractivity contribution in [1.82, 2.24) is 5.16 Å². The molecule has 4 aromatic rings.